The molecule has 0 aliphatic heterocycles. The van der Waals surface area contributed by atoms with E-state index in [1.807, 2.05) is 42.5 Å². The summed E-state index contributed by atoms with van der Waals surface area (Å²) in [7, 11) is 0. The highest BCUT2D eigenvalue weighted by Crippen LogP contribution is 2.18. The van der Waals surface area contributed by atoms with Gasteiger partial charge in [0.15, 0.2) is 0 Å². The molecule has 4 nitrogen and oxygen atoms in total. The van der Waals surface area contributed by atoms with Gasteiger partial charge in [-0.1, -0.05) is 48.2 Å². The number of carbonyl (C=O) groups is 2. The van der Waals surface area contributed by atoms with Crippen molar-refractivity contribution in [2.75, 3.05) is 0 Å². The van der Waals surface area contributed by atoms with Crippen LogP contribution in [0.4, 0.5) is 0 Å². The van der Waals surface area contributed by atoms with Crippen LogP contribution in [0.3, 0.4) is 0 Å². The van der Waals surface area contributed by atoms with E-state index in [9.17, 15) is 14.7 Å². The highest BCUT2D eigenvalue weighted by atomic mass is 16.4. The molecule has 112 valence electrons. The SMILES string of the molecule is O=C(O)CCCC(C#Cc1cccc2ccccc12)C(=O)O. The standard InChI is InChI=1S/C18H16O4/c19-17(20)10-4-8-15(18(21)22)12-11-14-7-3-6-13-5-1-2-9-16(13)14/h1-3,5-7,9,15H,4,8,10H2,(H,19,20)(H,21,22). The van der Waals surface area contributed by atoms with E-state index in [4.69, 9.17) is 5.11 Å². The summed E-state index contributed by atoms with van der Waals surface area (Å²) in [5.41, 5.74) is 0.780. The maximum atomic E-state index is 11.2. The summed E-state index contributed by atoms with van der Waals surface area (Å²) in [6, 6.07) is 13.5. The van der Waals surface area contributed by atoms with Crippen molar-refractivity contribution < 1.29 is 19.8 Å². The molecule has 0 saturated heterocycles. The molecule has 2 rings (SSSR count). The fraction of sp³-hybridized carbons (Fsp3) is 0.222. The summed E-state index contributed by atoms with van der Waals surface area (Å²) in [6.07, 6.45) is 0.496. The van der Waals surface area contributed by atoms with E-state index in [2.05, 4.69) is 11.8 Å². The van der Waals surface area contributed by atoms with Gasteiger partial charge in [0.25, 0.3) is 0 Å². The Morgan fingerprint density at radius 2 is 1.77 bits per heavy atom. The molecule has 22 heavy (non-hydrogen) atoms. The summed E-state index contributed by atoms with van der Waals surface area (Å²) < 4.78 is 0. The Kier molecular flexibility index (Phi) is 5.16. The van der Waals surface area contributed by atoms with Crippen molar-refractivity contribution >= 4 is 22.7 Å². The van der Waals surface area contributed by atoms with E-state index in [0.717, 1.165) is 16.3 Å². The fourth-order valence-corrected chi connectivity index (χ4v) is 2.21. The van der Waals surface area contributed by atoms with Gasteiger partial charge in [0.1, 0.15) is 5.92 Å². The van der Waals surface area contributed by atoms with Gasteiger partial charge in [-0.3, -0.25) is 9.59 Å². The number of hydrogen-bond acceptors (Lipinski definition) is 2. The third-order valence-electron chi connectivity index (χ3n) is 3.35. The second kappa shape index (κ2) is 7.28. The maximum absolute atomic E-state index is 11.2. The smallest absolute Gasteiger partial charge is 0.318 e. The molecule has 2 aromatic carbocycles. The van der Waals surface area contributed by atoms with E-state index in [-0.39, 0.29) is 12.8 Å². The molecule has 0 bridgehead atoms. The summed E-state index contributed by atoms with van der Waals surface area (Å²) in [5, 5.41) is 19.8. The van der Waals surface area contributed by atoms with Gasteiger partial charge in [-0.15, -0.1) is 0 Å². The van der Waals surface area contributed by atoms with Crippen molar-refractivity contribution in [3.8, 4) is 11.8 Å². The van der Waals surface area contributed by atoms with Crippen molar-refractivity contribution in [1.29, 1.82) is 0 Å². The Bertz CT molecular complexity index is 747. The van der Waals surface area contributed by atoms with Gasteiger partial charge in [0.05, 0.1) is 0 Å². The predicted octanol–water partition coefficient (Wildman–Crippen LogP) is 3.15. The van der Waals surface area contributed by atoms with E-state index in [0.29, 0.717) is 6.42 Å². The fourth-order valence-electron chi connectivity index (χ4n) is 2.21. The molecule has 1 atom stereocenters. The molecule has 1 unspecified atom stereocenters. The Balaban J connectivity index is 2.21. The minimum absolute atomic E-state index is 0.0419. The van der Waals surface area contributed by atoms with Gasteiger partial charge in [0, 0.05) is 12.0 Å². The van der Waals surface area contributed by atoms with E-state index in [1.165, 1.54) is 0 Å². The molecule has 2 aromatic rings. The number of aliphatic carboxylic acids is 2. The van der Waals surface area contributed by atoms with Gasteiger partial charge in [-0.25, -0.2) is 0 Å². The van der Waals surface area contributed by atoms with Crippen LogP contribution in [-0.4, -0.2) is 22.2 Å². The van der Waals surface area contributed by atoms with E-state index >= 15 is 0 Å². The predicted molar refractivity (Wildman–Crippen MR) is 83.4 cm³/mol. The first-order valence-corrected chi connectivity index (χ1v) is 7.02. The molecule has 0 aliphatic carbocycles. The number of carboxylic acid groups (broad SMARTS) is 2. The van der Waals surface area contributed by atoms with Crippen molar-refractivity contribution in [2.45, 2.75) is 19.3 Å². The summed E-state index contributed by atoms with van der Waals surface area (Å²) in [6.45, 7) is 0. The molecule has 4 heteroatoms. The lowest BCUT2D eigenvalue weighted by atomic mass is 10.0. The summed E-state index contributed by atoms with van der Waals surface area (Å²) in [4.78, 5) is 21.7. The molecule has 0 heterocycles. The Morgan fingerprint density at radius 1 is 1.05 bits per heavy atom. The Morgan fingerprint density at radius 3 is 2.50 bits per heavy atom. The monoisotopic (exact) mass is 296 g/mol. The molecular formula is C18H16O4. The lowest BCUT2D eigenvalue weighted by Gasteiger charge is -2.04. The van der Waals surface area contributed by atoms with Gasteiger partial charge in [-0.2, -0.15) is 0 Å². The van der Waals surface area contributed by atoms with Crippen molar-refractivity contribution in [3.05, 3.63) is 48.0 Å². The number of rotatable bonds is 5. The van der Waals surface area contributed by atoms with Crippen molar-refractivity contribution in [1.82, 2.24) is 0 Å². The second-order valence-electron chi connectivity index (χ2n) is 4.97. The number of fused-ring (bicyclic) bond motifs is 1. The number of benzene rings is 2. The molecule has 0 saturated carbocycles. The van der Waals surface area contributed by atoms with E-state index in [1.54, 1.807) is 0 Å². The van der Waals surface area contributed by atoms with Crippen LogP contribution in [0.15, 0.2) is 42.5 Å². The quantitative estimate of drug-likeness (QED) is 0.831. The number of carboxylic acids is 2. The van der Waals surface area contributed by atoms with Gasteiger partial charge in [-0.05, 0) is 29.7 Å². The third kappa shape index (κ3) is 4.10. The van der Waals surface area contributed by atoms with Crippen LogP contribution >= 0.6 is 0 Å². The molecule has 0 spiro atoms. The third-order valence-corrected chi connectivity index (χ3v) is 3.35. The molecule has 0 aromatic heterocycles. The normalized spacial score (nSPS) is 11.5. The van der Waals surface area contributed by atoms with Crippen LogP contribution in [-0.2, 0) is 9.59 Å². The van der Waals surface area contributed by atoms with Crippen LogP contribution < -0.4 is 0 Å². The van der Waals surface area contributed by atoms with Gasteiger partial charge >= 0.3 is 11.9 Å². The van der Waals surface area contributed by atoms with E-state index < -0.39 is 17.9 Å². The molecular weight excluding hydrogens is 280 g/mol. The lowest BCUT2D eigenvalue weighted by Crippen LogP contribution is -2.12. The van der Waals surface area contributed by atoms with Crippen LogP contribution in [0.25, 0.3) is 10.8 Å². The minimum Gasteiger partial charge on any atom is -0.481 e. The highest BCUT2D eigenvalue weighted by Gasteiger charge is 2.14. The van der Waals surface area contributed by atoms with Crippen LogP contribution in [0.2, 0.25) is 0 Å². The zero-order valence-electron chi connectivity index (χ0n) is 12.0. The maximum Gasteiger partial charge on any atom is 0.318 e. The van der Waals surface area contributed by atoms with Crippen molar-refractivity contribution in [3.63, 3.8) is 0 Å². The van der Waals surface area contributed by atoms with Crippen LogP contribution in [0.1, 0.15) is 24.8 Å². The zero-order chi connectivity index (χ0) is 15.9. The largest absolute Gasteiger partial charge is 0.481 e. The van der Waals surface area contributed by atoms with Crippen molar-refractivity contribution in [2.24, 2.45) is 5.92 Å². The average molecular weight is 296 g/mol. The molecule has 2 N–H and O–H groups in total. The van der Waals surface area contributed by atoms with Gasteiger partial charge in [0.2, 0.25) is 0 Å². The number of hydrogen-bond donors (Lipinski definition) is 2. The molecule has 0 aliphatic rings. The topological polar surface area (TPSA) is 74.6 Å². The lowest BCUT2D eigenvalue weighted by molar-refractivity contribution is -0.141. The first-order chi connectivity index (χ1) is 10.6. The minimum atomic E-state index is -1.02. The first kappa shape index (κ1) is 15.6. The zero-order valence-corrected chi connectivity index (χ0v) is 12.0. The molecule has 0 amide bonds. The Labute approximate surface area is 128 Å². The Hall–Kier alpha value is -2.80. The highest BCUT2D eigenvalue weighted by molar-refractivity contribution is 5.88. The summed E-state index contributed by atoms with van der Waals surface area (Å²) in [5.74, 6) is 2.90. The first-order valence-electron chi connectivity index (χ1n) is 7.02. The van der Waals surface area contributed by atoms with Crippen LogP contribution in [0.5, 0.6) is 0 Å². The average Bonchev–Trinajstić information content (AvgIpc) is 2.50. The van der Waals surface area contributed by atoms with Crippen LogP contribution in [0, 0.1) is 17.8 Å². The van der Waals surface area contributed by atoms with Gasteiger partial charge < -0.3 is 10.2 Å². The summed E-state index contributed by atoms with van der Waals surface area (Å²) >= 11 is 0. The second-order valence-corrected chi connectivity index (χ2v) is 4.97. The molecule has 0 radical (unpaired) electrons. The molecule has 0 fully saturated rings.